The predicted molar refractivity (Wildman–Crippen MR) is 109 cm³/mol. The molecule has 154 valence electrons. The summed E-state index contributed by atoms with van der Waals surface area (Å²) in [6, 6.07) is 3.86. The molecule has 3 heterocycles. The molecule has 1 saturated heterocycles. The molecule has 1 amide bonds. The Morgan fingerprint density at radius 3 is 2.90 bits per heavy atom. The number of aryl methyl sites for hydroxylation is 1. The van der Waals surface area contributed by atoms with E-state index in [9.17, 15) is 4.79 Å². The quantitative estimate of drug-likeness (QED) is 0.812. The first kappa shape index (κ1) is 18.9. The molecule has 1 spiro atoms. The molecule has 1 aromatic heterocycles. The average Bonchev–Trinajstić information content (AvgIpc) is 3.28. The van der Waals surface area contributed by atoms with E-state index in [4.69, 9.17) is 16.3 Å². The van der Waals surface area contributed by atoms with Crippen molar-refractivity contribution in [3.05, 3.63) is 39.7 Å². The van der Waals surface area contributed by atoms with Crippen molar-refractivity contribution in [1.29, 1.82) is 0 Å². The largest absolute Gasteiger partial charge is 0.487 e. The van der Waals surface area contributed by atoms with Gasteiger partial charge in [0.1, 0.15) is 18.1 Å². The van der Waals surface area contributed by atoms with E-state index in [2.05, 4.69) is 15.6 Å². The Bertz CT molecular complexity index is 968. The minimum Gasteiger partial charge on any atom is -0.487 e. The van der Waals surface area contributed by atoms with Crippen molar-refractivity contribution in [1.82, 2.24) is 25.2 Å². The van der Waals surface area contributed by atoms with Crippen LogP contribution in [0.2, 0.25) is 5.02 Å². The summed E-state index contributed by atoms with van der Waals surface area (Å²) in [7, 11) is 1.87. The summed E-state index contributed by atoms with van der Waals surface area (Å²) >= 11 is 6.54. The summed E-state index contributed by atoms with van der Waals surface area (Å²) in [5, 5.41) is 12.6. The van der Waals surface area contributed by atoms with E-state index in [-0.39, 0.29) is 17.4 Å². The van der Waals surface area contributed by atoms with Gasteiger partial charge in [-0.15, -0.1) is 5.10 Å². The topological polar surface area (TPSA) is 72.3 Å². The molecule has 3 aliphatic rings. The number of nitrogens with one attached hydrogen (secondary N) is 1. The lowest BCUT2D eigenvalue weighted by molar-refractivity contribution is -0.128. The van der Waals surface area contributed by atoms with Crippen LogP contribution < -0.4 is 10.1 Å². The maximum Gasteiger partial charge on any atom is 0.223 e. The van der Waals surface area contributed by atoms with E-state index < -0.39 is 0 Å². The van der Waals surface area contributed by atoms with Gasteiger partial charge < -0.3 is 15.0 Å². The molecule has 2 aromatic rings. The Kier molecular flexibility index (Phi) is 4.55. The first-order valence-corrected chi connectivity index (χ1v) is 10.6. The van der Waals surface area contributed by atoms with Crippen LogP contribution in [0.25, 0.3) is 0 Å². The number of carbonyl (C=O) groups is 1. The van der Waals surface area contributed by atoms with Crippen molar-refractivity contribution < 1.29 is 9.53 Å². The van der Waals surface area contributed by atoms with Crippen molar-refractivity contribution in [2.75, 3.05) is 19.6 Å². The lowest BCUT2D eigenvalue weighted by Crippen LogP contribution is -2.40. The van der Waals surface area contributed by atoms with Gasteiger partial charge in [0.05, 0.1) is 11.7 Å². The van der Waals surface area contributed by atoms with Crippen LogP contribution in [0, 0.1) is 12.3 Å². The van der Waals surface area contributed by atoms with Crippen LogP contribution in [-0.4, -0.2) is 45.4 Å². The minimum atomic E-state index is 0.0215. The van der Waals surface area contributed by atoms with Gasteiger partial charge in [0.15, 0.2) is 0 Å². The van der Waals surface area contributed by atoms with Crippen LogP contribution in [0.4, 0.5) is 0 Å². The number of rotatable bonds is 5. The number of nitrogens with zero attached hydrogens (tertiary/aromatic N) is 4. The van der Waals surface area contributed by atoms with Gasteiger partial charge in [-0.25, -0.2) is 0 Å². The number of amides is 1. The lowest BCUT2D eigenvalue weighted by atomic mass is 9.92. The van der Waals surface area contributed by atoms with Gasteiger partial charge in [-0.3, -0.25) is 9.48 Å². The molecular weight excluding hydrogens is 390 g/mol. The molecule has 1 aliphatic carbocycles. The summed E-state index contributed by atoms with van der Waals surface area (Å²) in [6.07, 6.45) is 3.92. The lowest BCUT2D eigenvalue weighted by Gasteiger charge is -2.32. The molecule has 1 N–H and O–H groups in total. The Morgan fingerprint density at radius 1 is 1.38 bits per heavy atom. The summed E-state index contributed by atoms with van der Waals surface area (Å²) in [6.45, 7) is 4.72. The number of aromatic nitrogens is 3. The van der Waals surface area contributed by atoms with E-state index in [0.29, 0.717) is 19.6 Å². The Balaban J connectivity index is 1.40. The van der Waals surface area contributed by atoms with E-state index in [1.807, 2.05) is 31.0 Å². The highest BCUT2D eigenvalue weighted by Crippen LogP contribution is 2.53. The zero-order chi connectivity index (χ0) is 20.2. The summed E-state index contributed by atoms with van der Waals surface area (Å²) in [5.74, 6) is 1.08. The Morgan fingerprint density at radius 2 is 2.21 bits per heavy atom. The molecule has 1 saturated carbocycles. The number of ether oxygens (including phenoxy) is 1. The molecule has 7 nitrogen and oxygen atoms in total. The second-order valence-corrected chi connectivity index (χ2v) is 9.09. The molecule has 0 radical (unpaired) electrons. The summed E-state index contributed by atoms with van der Waals surface area (Å²) in [4.78, 5) is 14.6. The van der Waals surface area contributed by atoms with Crippen molar-refractivity contribution in [3.63, 3.8) is 0 Å². The predicted octanol–water partition coefficient (Wildman–Crippen LogP) is 2.56. The molecule has 0 bridgehead atoms. The van der Waals surface area contributed by atoms with E-state index in [1.54, 1.807) is 4.68 Å². The van der Waals surface area contributed by atoms with Gasteiger partial charge in [-0.2, -0.15) is 0 Å². The van der Waals surface area contributed by atoms with Gasteiger partial charge in [0.2, 0.25) is 5.91 Å². The van der Waals surface area contributed by atoms with E-state index in [1.165, 1.54) is 12.8 Å². The normalized spacial score (nSPS) is 22.2. The van der Waals surface area contributed by atoms with Crippen molar-refractivity contribution in [3.8, 4) is 5.75 Å². The summed E-state index contributed by atoms with van der Waals surface area (Å²) in [5.41, 5.74) is 4.28. The highest BCUT2D eigenvalue weighted by Gasteiger charge is 2.52. The monoisotopic (exact) mass is 415 g/mol. The van der Waals surface area contributed by atoms with Gasteiger partial charge in [0.25, 0.3) is 0 Å². The molecule has 1 atom stereocenters. The zero-order valence-electron chi connectivity index (χ0n) is 16.9. The maximum atomic E-state index is 12.5. The Labute approximate surface area is 175 Å². The molecule has 2 fully saturated rings. The standard InChI is InChI=1S/C21H26ClN5O2/c1-13-17(24-25-26(13)2)11-29-18-4-3-15(22)14-5-8-23-16(20(14)18)10-27-12-21(6-7-21)9-19(27)28/h3-4,16,23H,5-12H2,1-2H3. The zero-order valence-corrected chi connectivity index (χ0v) is 17.6. The number of fused-ring (bicyclic) bond motifs is 1. The third kappa shape index (κ3) is 3.40. The molecular formula is C21H26ClN5O2. The van der Waals surface area contributed by atoms with Gasteiger partial charge in [0, 0.05) is 37.1 Å². The fraction of sp³-hybridized carbons (Fsp3) is 0.571. The molecule has 2 aliphatic heterocycles. The van der Waals surface area contributed by atoms with Crippen molar-refractivity contribution >= 4 is 17.5 Å². The second kappa shape index (κ2) is 6.99. The van der Waals surface area contributed by atoms with Crippen LogP contribution in [-0.2, 0) is 24.9 Å². The molecule has 8 heteroatoms. The van der Waals surface area contributed by atoms with Crippen LogP contribution in [0.3, 0.4) is 0 Å². The van der Waals surface area contributed by atoms with Crippen LogP contribution in [0.5, 0.6) is 5.75 Å². The number of hydrogen-bond acceptors (Lipinski definition) is 5. The third-order valence-electron chi connectivity index (χ3n) is 6.71. The highest BCUT2D eigenvalue weighted by molar-refractivity contribution is 6.31. The van der Waals surface area contributed by atoms with E-state index >= 15 is 0 Å². The first-order valence-electron chi connectivity index (χ1n) is 10.3. The number of benzene rings is 1. The highest BCUT2D eigenvalue weighted by atomic mass is 35.5. The van der Waals surface area contributed by atoms with E-state index in [0.717, 1.165) is 52.8 Å². The van der Waals surface area contributed by atoms with Gasteiger partial charge in [-0.1, -0.05) is 16.8 Å². The van der Waals surface area contributed by atoms with Crippen LogP contribution >= 0.6 is 11.6 Å². The summed E-state index contributed by atoms with van der Waals surface area (Å²) < 4.78 is 7.94. The molecule has 29 heavy (non-hydrogen) atoms. The second-order valence-electron chi connectivity index (χ2n) is 8.68. The van der Waals surface area contributed by atoms with Crippen molar-refractivity contribution in [2.24, 2.45) is 12.5 Å². The van der Waals surface area contributed by atoms with Gasteiger partial charge >= 0.3 is 0 Å². The fourth-order valence-corrected chi connectivity index (χ4v) is 4.87. The third-order valence-corrected chi connectivity index (χ3v) is 7.06. The number of halogens is 1. The maximum absolute atomic E-state index is 12.5. The van der Waals surface area contributed by atoms with Crippen LogP contribution in [0.15, 0.2) is 12.1 Å². The van der Waals surface area contributed by atoms with Crippen molar-refractivity contribution in [2.45, 2.75) is 45.3 Å². The smallest absolute Gasteiger partial charge is 0.223 e. The number of carbonyl (C=O) groups excluding carboxylic acids is 1. The SMILES string of the molecule is Cc1c(COc2ccc(Cl)c3c2C(CN2CC4(CC4)CC2=O)NCC3)nnn1C. The fourth-order valence-electron chi connectivity index (χ4n) is 4.61. The minimum absolute atomic E-state index is 0.0215. The molecule has 5 rings (SSSR count). The number of hydrogen-bond donors (Lipinski definition) is 1. The van der Waals surface area contributed by atoms with Gasteiger partial charge in [-0.05, 0) is 55.8 Å². The molecule has 1 unspecified atom stereocenters. The van der Waals surface area contributed by atoms with Crippen LogP contribution in [0.1, 0.15) is 47.8 Å². The first-order chi connectivity index (χ1) is 14.0. The molecule has 1 aromatic carbocycles. The average molecular weight is 416 g/mol. The number of likely N-dealkylation sites (tertiary alicyclic amines) is 1. The Hall–Kier alpha value is -2.12.